The van der Waals surface area contributed by atoms with Gasteiger partial charge in [-0.1, -0.05) is 22.0 Å². The van der Waals surface area contributed by atoms with Gasteiger partial charge >= 0.3 is 57.5 Å². The van der Waals surface area contributed by atoms with Crippen molar-refractivity contribution in [3.63, 3.8) is 0 Å². The van der Waals surface area contributed by atoms with Gasteiger partial charge in [-0.2, -0.15) is 0 Å². The van der Waals surface area contributed by atoms with Gasteiger partial charge in [0.05, 0.1) is 0 Å². The van der Waals surface area contributed by atoms with Gasteiger partial charge in [0.25, 0.3) is 0 Å². The third-order valence-corrected chi connectivity index (χ3v) is 0.567. The summed E-state index contributed by atoms with van der Waals surface area (Å²) in [6.07, 6.45) is -0.0417. The van der Waals surface area contributed by atoms with Crippen LogP contribution in [0.5, 0.6) is 0 Å². The summed E-state index contributed by atoms with van der Waals surface area (Å²) >= 11 is 3.13. The Morgan fingerprint density at radius 1 is 1.78 bits per heavy atom. The molecule has 0 atom stereocenters. The first kappa shape index (κ1) is 16.6. The number of carboxylic acid groups (broad SMARTS) is 2. The molecule has 0 spiro atoms. The SMILES string of the molecule is C=CCBr.O=C(O)O.[H-].[K+]. The van der Waals surface area contributed by atoms with Gasteiger partial charge in [-0.3, -0.25) is 0 Å². The third-order valence-electron chi connectivity index (χ3n) is 0.109. The summed E-state index contributed by atoms with van der Waals surface area (Å²) in [5, 5.41) is 14.8. The molecule has 3 nitrogen and oxygen atoms in total. The molecule has 0 saturated carbocycles. The van der Waals surface area contributed by atoms with Crippen molar-refractivity contribution in [2.24, 2.45) is 0 Å². The fourth-order valence-electron chi connectivity index (χ4n) is 0. The normalized spacial score (nSPS) is 5.44. The Labute approximate surface area is 106 Å². The van der Waals surface area contributed by atoms with Crippen molar-refractivity contribution in [2.45, 2.75) is 0 Å². The number of rotatable bonds is 1. The molecule has 0 aromatic rings. The number of halogens is 1. The molecule has 0 rings (SSSR count). The first-order valence-electron chi connectivity index (χ1n) is 1.74. The standard InChI is InChI=1S/C3H5Br.CH2O3.K.H/c1-2-3-4;2-1(3)4;;/h2H,1,3H2;(H2,2,3,4);;/q;;+1;-1. The van der Waals surface area contributed by atoms with Crippen molar-refractivity contribution in [3.05, 3.63) is 12.7 Å². The molecule has 0 unspecified atom stereocenters. The molecule has 0 amide bonds. The largest absolute Gasteiger partial charge is 1.00 e. The second-order valence-corrected chi connectivity index (χ2v) is 1.37. The van der Waals surface area contributed by atoms with E-state index in [9.17, 15) is 0 Å². The van der Waals surface area contributed by atoms with E-state index < -0.39 is 6.16 Å². The monoisotopic (exact) mass is 222 g/mol. The number of hydrogen-bond acceptors (Lipinski definition) is 1. The van der Waals surface area contributed by atoms with Crippen LogP contribution in [0.2, 0.25) is 0 Å². The summed E-state index contributed by atoms with van der Waals surface area (Å²) in [7, 11) is 0. The average Bonchev–Trinajstić information content (AvgIpc) is 1.65. The van der Waals surface area contributed by atoms with E-state index in [2.05, 4.69) is 22.5 Å². The molecule has 0 radical (unpaired) electrons. The minimum absolute atomic E-state index is 0. The molecule has 0 aromatic carbocycles. The summed E-state index contributed by atoms with van der Waals surface area (Å²) in [5.74, 6) is 0. The topological polar surface area (TPSA) is 57.5 Å². The number of alkyl halides is 1. The zero-order chi connectivity index (χ0) is 6.99. The Balaban J connectivity index is -0.0000000300. The Bertz CT molecular complexity index is 76.9. The summed E-state index contributed by atoms with van der Waals surface area (Å²) in [4.78, 5) is 8.56. The fourth-order valence-corrected chi connectivity index (χ4v) is 0. The molecule has 50 valence electrons. The predicted octanol–water partition coefficient (Wildman–Crippen LogP) is -1.09. The molecule has 5 heteroatoms. The van der Waals surface area contributed by atoms with E-state index in [4.69, 9.17) is 15.0 Å². The van der Waals surface area contributed by atoms with Crippen molar-refractivity contribution >= 4 is 22.1 Å². The van der Waals surface area contributed by atoms with Gasteiger partial charge in [0.1, 0.15) is 0 Å². The second kappa shape index (κ2) is 16.1. The van der Waals surface area contributed by atoms with E-state index in [1.807, 2.05) is 0 Å². The van der Waals surface area contributed by atoms with Gasteiger partial charge in [-0.15, -0.1) is 6.58 Å². The molecule has 0 aliphatic carbocycles. The van der Waals surface area contributed by atoms with E-state index in [0.29, 0.717) is 0 Å². The third kappa shape index (κ3) is 103. The Morgan fingerprint density at radius 2 is 1.89 bits per heavy atom. The van der Waals surface area contributed by atoms with E-state index in [0.717, 1.165) is 5.33 Å². The molecular weight excluding hydrogens is 215 g/mol. The summed E-state index contributed by atoms with van der Waals surface area (Å²) < 4.78 is 0. The molecule has 2 N–H and O–H groups in total. The van der Waals surface area contributed by atoms with Crippen LogP contribution in [0.3, 0.4) is 0 Å². The summed E-state index contributed by atoms with van der Waals surface area (Å²) in [6, 6.07) is 0. The number of carbonyl (C=O) groups is 1. The molecular formula is C4H8BrKO3. The fraction of sp³-hybridized carbons (Fsp3) is 0.250. The van der Waals surface area contributed by atoms with Crippen LogP contribution in [-0.2, 0) is 0 Å². The van der Waals surface area contributed by atoms with Crippen LogP contribution in [0.1, 0.15) is 1.43 Å². The Hall–Kier alpha value is 1.13. The molecule has 0 saturated heterocycles. The average molecular weight is 223 g/mol. The maximum atomic E-state index is 8.56. The molecule has 0 fully saturated rings. The van der Waals surface area contributed by atoms with Gasteiger partial charge < -0.3 is 11.6 Å². The van der Waals surface area contributed by atoms with Crippen molar-refractivity contribution in [1.29, 1.82) is 0 Å². The first-order valence-corrected chi connectivity index (χ1v) is 2.86. The Kier molecular flexibility index (Phi) is 29.6. The zero-order valence-corrected chi connectivity index (χ0v) is 9.88. The van der Waals surface area contributed by atoms with Gasteiger partial charge in [0, 0.05) is 5.33 Å². The van der Waals surface area contributed by atoms with Crippen molar-refractivity contribution < 1.29 is 67.8 Å². The quantitative estimate of drug-likeness (QED) is 0.337. The first-order chi connectivity index (χ1) is 3.65. The Morgan fingerprint density at radius 3 is 1.89 bits per heavy atom. The second-order valence-electron chi connectivity index (χ2n) is 0.726. The molecule has 0 aromatic heterocycles. The van der Waals surface area contributed by atoms with Crippen molar-refractivity contribution in [1.82, 2.24) is 0 Å². The zero-order valence-electron chi connectivity index (χ0n) is 6.17. The summed E-state index contributed by atoms with van der Waals surface area (Å²) in [5.41, 5.74) is 0. The molecule has 0 aliphatic rings. The van der Waals surface area contributed by atoms with Crippen LogP contribution in [0.15, 0.2) is 12.7 Å². The maximum absolute atomic E-state index is 8.56. The van der Waals surface area contributed by atoms with Gasteiger partial charge in [0.15, 0.2) is 0 Å². The predicted molar refractivity (Wildman–Crippen MR) is 35.8 cm³/mol. The number of hydrogen-bond donors (Lipinski definition) is 2. The maximum Gasteiger partial charge on any atom is 1.00 e. The van der Waals surface area contributed by atoms with Crippen LogP contribution in [-0.4, -0.2) is 21.7 Å². The van der Waals surface area contributed by atoms with E-state index in [-0.39, 0.29) is 52.8 Å². The van der Waals surface area contributed by atoms with Crippen LogP contribution in [0.4, 0.5) is 4.79 Å². The van der Waals surface area contributed by atoms with Gasteiger partial charge in [0.2, 0.25) is 0 Å². The molecule has 0 aliphatic heterocycles. The number of allylic oxidation sites excluding steroid dienone is 1. The van der Waals surface area contributed by atoms with E-state index in [1.165, 1.54) is 0 Å². The van der Waals surface area contributed by atoms with Crippen LogP contribution in [0.25, 0.3) is 0 Å². The minimum atomic E-state index is -1.83. The van der Waals surface area contributed by atoms with Crippen molar-refractivity contribution in [2.75, 3.05) is 5.33 Å². The van der Waals surface area contributed by atoms with E-state index >= 15 is 0 Å². The van der Waals surface area contributed by atoms with Gasteiger partial charge in [-0.05, 0) is 0 Å². The van der Waals surface area contributed by atoms with Gasteiger partial charge in [-0.25, -0.2) is 4.79 Å². The van der Waals surface area contributed by atoms with E-state index in [1.54, 1.807) is 6.08 Å². The molecule has 0 heterocycles. The van der Waals surface area contributed by atoms with Crippen molar-refractivity contribution in [3.8, 4) is 0 Å². The van der Waals surface area contributed by atoms with Crippen LogP contribution >= 0.6 is 15.9 Å². The molecule has 0 bridgehead atoms. The molecule has 9 heavy (non-hydrogen) atoms. The smallest absolute Gasteiger partial charge is 1.00 e. The summed E-state index contributed by atoms with van der Waals surface area (Å²) in [6.45, 7) is 3.43. The van der Waals surface area contributed by atoms with Crippen LogP contribution in [0, 0.1) is 0 Å². The van der Waals surface area contributed by atoms with Crippen LogP contribution < -0.4 is 51.4 Å². The minimum Gasteiger partial charge on any atom is -1.00 e.